The van der Waals surface area contributed by atoms with E-state index in [9.17, 15) is 4.79 Å². The zero-order valence-electron chi connectivity index (χ0n) is 18.5. The van der Waals surface area contributed by atoms with E-state index in [0.29, 0.717) is 24.6 Å². The van der Waals surface area contributed by atoms with Crippen molar-refractivity contribution in [1.29, 1.82) is 0 Å². The number of anilines is 1. The number of carbonyl (C=O) groups excluding carboxylic acids is 1. The van der Waals surface area contributed by atoms with Crippen LogP contribution < -0.4 is 10.5 Å². The highest BCUT2D eigenvalue weighted by Crippen LogP contribution is 2.46. The normalized spacial score (nSPS) is 18.9. The Morgan fingerprint density at radius 1 is 1.33 bits per heavy atom. The second-order valence-electron chi connectivity index (χ2n) is 8.56. The van der Waals surface area contributed by atoms with E-state index < -0.39 is 0 Å². The molecule has 3 aromatic heterocycles. The van der Waals surface area contributed by atoms with Crippen LogP contribution in [0.25, 0.3) is 21.3 Å². The highest BCUT2D eigenvalue weighted by atomic mass is 32.1. The third-order valence-corrected chi connectivity index (χ3v) is 7.76. The second-order valence-corrected chi connectivity index (χ2v) is 9.64. The molecule has 2 aliphatic rings. The fourth-order valence-corrected chi connectivity index (χ4v) is 5.91. The minimum absolute atomic E-state index is 0.0628. The van der Waals surface area contributed by atoms with Crippen LogP contribution in [0.1, 0.15) is 45.4 Å². The molecular weight excluding hydrogens is 438 g/mol. The molecule has 0 aliphatic carbocycles. The molecule has 5 heterocycles. The molecule has 0 fully saturated rings. The number of hydrogen-bond acceptors (Lipinski definition) is 7. The van der Waals surface area contributed by atoms with Crippen LogP contribution in [0.15, 0.2) is 36.7 Å². The number of fused-ring (bicyclic) bond motifs is 4. The predicted octanol–water partition coefficient (Wildman–Crippen LogP) is 4.08. The SMILES string of the molecule is CC1OCc2c1c(N)nc1ccc(C(=O)N(C)C3COc4cc(-c5cnn(C)c5)sc43)cc21. The van der Waals surface area contributed by atoms with E-state index in [4.69, 9.17) is 15.2 Å². The van der Waals surface area contributed by atoms with Crippen LogP contribution in [0.4, 0.5) is 5.82 Å². The number of aryl methyl sites for hydroxylation is 1. The van der Waals surface area contributed by atoms with Gasteiger partial charge in [0.2, 0.25) is 0 Å². The van der Waals surface area contributed by atoms with Crippen LogP contribution in [-0.2, 0) is 18.4 Å². The molecule has 1 aromatic carbocycles. The predicted molar refractivity (Wildman–Crippen MR) is 126 cm³/mol. The summed E-state index contributed by atoms with van der Waals surface area (Å²) in [4.78, 5) is 21.9. The monoisotopic (exact) mass is 461 g/mol. The molecule has 0 bridgehead atoms. The first-order chi connectivity index (χ1) is 15.9. The first-order valence-electron chi connectivity index (χ1n) is 10.8. The van der Waals surface area contributed by atoms with Crippen molar-refractivity contribution in [2.75, 3.05) is 19.4 Å². The van der Waals surface area contributed by atoms with Crippen molar-refractivity contribution in [2.45, 2.75) is 25.7 Å². The summed E-state index contributed by atoms with van der Waals surface area (Å²) in [7, 11) is 3.72. The Bertz CT molecular complexity index is 1430. The summed E-state index contributed by atoms with van der Waals surface area (Å²) >= 11 is 1.65. The van der Waals surface area contributed by atoms with Gasteiger partial charge in [-0.15, -0.1) is 11.3 Å². The topological polar surface area (TPSA) is 95.5 Å². The number of benzene rings is 1. The number of amides is 1. The van der Waals surface area contributed by atoms with Gasteiger partial charge in [-0.1, -0.05) is 0 Å². The van der Waals surface area contributed by atoms with Crippen molar-refractivity contribution < 1.29 is 14.3 Å². The first-order valence-corrected chi connectivity index (χ1v) is 11.6. The molecule has 9 heteroatoms. The second kappa shape index (κ2) is 7.29. The number of carbonyl (C=O) groups is 1. The minimum Gasteiger partial charge on any atom is -0.490 e. The lowest BCUT2D eigenvalue weighted by Gasteiger charge is -2.23. The Balaban J connectivity index is 1.32. The highest BCUT2D eigenvalue weighted by Gasteiger charge is 2.34. The summed E-state index contributed by atoms with van der Waals surface area (Å²) in [6.07, 6.45) is 3.72. The van der Waals surface area contributed by atoms with E-state index in [1.165, 1.54) is 0 Å². The smallest absolute Gasteiger partial charge is 0.254 e. The lowest BCUT2D eigenvalue weighted by Crippen LogP contribution is -2.31. The number of ether oxygens (including phenoxy) is 2. The Hall–Kier alpha value is -3.43. The number of rotatable bonds is 3. The molecule has 1 amide bonds. The molecule has 33 heavy (non-hydrogen) atoms. The van der Waals surface area contributed by atoms with Crippen molar-refractivity contribution in [3.63, 3.8) is 0 Å². The number of thiophene rings is 1. The van der Waals surface area contributed by atoms with Gasteiger partial charge in [0, 0.05) is 47.2 Å². The van der Waals surface area contributed by atoms with E-state index in [1.54, 1.807) is 20.9 Å². The van der Waals surface area contributed by atoms with Gasteiger partial charge in [-0.3, -0.25) is 9.48 Å². The van der Waals surface area contributed by atoms with Gasteiger partial charge in [0.15, 0.2) is 0 Å². The molecular formula is C24H23N5O3S. The number of hydrogen-bond donors (Lipinski definition) is 1. The van der Waals surface area contributed by atoms with Crippen LogP contribution in [0.2, 0.25) is 0 Å². The van der Waals surface area contributed by atoms with E-state index >= 15 is 0 Å². The maximum Gasteiger partial charge on any atom is 0.254 e. The maximum absolute atomic E-state index is 13.5. The summed E-state index contributed by atoms with van der Waals surface area (Å²) in [6.45, 7) is 2.89. The van der Waals surface area contributed by atoms with Crippen molar-refractivity contribution in [1.82, 2.24) is 19.7 Å². The molecule has 2 N–H and O–H groups in total. The molecule has 8 nitrogen and oxygen atoms in total. The molecule has 168 valence electrons. The van der Waals surface area contributed by atoms with Crippen LogP contribution in [0.3, 0.4) is 0 Å². The number of aromatic nitrogens is 3. The summed E-state index contributed by atoms with van der Waals surface area (Å²) < 4.78 is 13.5. The van der Waals surface area contributed by atoms with Gasteiger partial charge in [-0.2, -0.15) is 5.10 Å². The Labute approximate surface area is 194 Å². The first kappa shape index (κ1) is 20.2. The molecule has 2 unspecified atom stereocenters. The quantitative estimate of drug-likeness (QED) is 0.494. The van der Waals surface area contributed by atoms with Gasteiger partial charge >= 0.3 is 0 Å². The molecule has 0 radical (unpaired) electrons. The zero-order chi connectivity index (χ0) is 22.9. The van der Waals surface area contributed by atoms with Crippen LogP contribution in [-0.4, -0.2) is 39.2 Å². The van der Waals surface area contributed by atoms with Crippen LogP contribution >= 0.6 is 11.3 Å². The average molecular weight is 462 g/mol. The third-order valence-electron chi connectivity index (χ3n) is 6.50. The summed E-state index contributed by atoms with van der Waals surface area (Å²) in [6, 6.07) is 7.47. The number of nitrogens with zero attached hydrogens (tertiary/aromatic N) is 4. The van der Waals surface area contributed by atoms with Crippen molar-refractivity contribution in [3.05, 3.63) is 58.2 Å². The Morgan fingerprint density at radius 3 is 2.97 bits per heavy atom. The zero-order valence-corrected chi connectivity index (χ0v) is 19.3. The summed E-state index contributed by atoms with van der Waals surface area (Å²) in [5, 5.41) is 5.17. The van der Waals surface area contributed by atoms with Crippen LogP contribution in [0, 0.1) is 0 Å². The average Bonchev–Trinajstić information content (AvgIpc) is 3.56. The molecule has 0 saturated heterocycles. The summed E-state index contributed by atoms with van der Waals surface area (Å²) in [5.74, 6) is 1.27. The van der Waals surface area contributed by atoms with Gasteiger partial charge < -0.3 is 20.1 Å². The molecule has 2 atom stereocenters. The number of likely N-dealkylation sites (N-methyl/N-ethyl adjacent to an activating group) is 1. The van der Waals surface area contributed by atoms with Crippen molar-refractivity contribution in [2.24, 2.45) is 7.05 Å². The molecule has 0 spiro atoms. The van der Waals surface area contributed by atoms with Crippen LogP contribution in [0.5, 0.6) is 5.75 Å². The third kappa shape index (κ3) is 3.11. The fraction of sp³-hybridized carbons (Fsp3) is 0.292. The lowest BCUT2D eigenvalue weighted by atomic mass is 10.00. The summed E-state index contributed by atoms with van der Waals surface area (Å²) in [5.41, 5.74) is 10.5. The van der Waals surface area contributed by atoms with Gasteiger partial charge in [-0.05, 0) is 36.8 Å². The molecule has 2 aliphatic heterocycles. The Kier molecular flexibility index (Phi) is 4.46. The number of nitrogens with two attached hydrogens (primary N) is 1. The van der Waals surface area contributed by atoms with Crippen molar-refractivity contribution >= 4 is 34.0 Å². The van der Waals surface area contributed by atoms with Crippen molar-refractivity contribution in [3.8, 4) is 16.2 Å². The van der Waals surface area contributed by atoms with Gasteiger partial charge in [0.05, 0.1) is 29.3 Å². The van der Waals surface area contributed by atoms with E-state index in [0.717, 1.165) is 43.1 Å². The Morgan fingerprint density at radius 2 is 2.18 bits per heavy atom. The largest absolute Gasteiger partial charge is 0.490 e. The van der Waals surface area contributed by atoms with Gasteiger partial charge in [-0.25, -0.2) is 4.98 Å². The standard InChI is InChI=1S/C24H23N5O3S/c1-12-21-16(10-31-12)15-6-13(4-5-17(15)27-23(21)25)24(30)29(3)18-11-32-19-7-20(33-22(18)19)14-8-26-28(2)9-14/h4-9,12,18H,10-11H2,1-3H3,(H2,25,27). The number of pyridine rings is 1. The molecule has 6 rings (SSSR count). The highest BCUT2D eigenvalue weighted by molar-refractivity contribution is 7.16. The minimum atomic E-state index is -0.141. The van der Waals surface area contributed by atoms with E-state index in [1.807, 2.05) is 57.7 Å². The lowest BCUT2D eigenvalue weighted by molar-refractivity contribution is 0.0710. The molecule has 0 saturated carbocycles. The van der Waals surface area contributed by atoms with Gasteiger partial charge in [0.1, 0.15) is 24.2 Å². The molecule has 4 aromatic rings. The van der Waals surface area contributed by atoms with Gasteiger partial charge in [0.25, 0.3) is 5.91 Å². The van der Waals surface area contributed by atoms with E-state index in [2.05, 4.69) is 10.1 Å². The maximum atomic E-state index is 13.5. The fourth-order valence-electron chi connectivity index (χ4n) is 4.70. The number of nitrogen functional groups attached to an aromatic ring is 1. The van der Waals surface area contributed by atoms with E-state index in [-0.39, 0.29) is 18.1 Å².